The molecule has 0 atom stereocenters. The van der Waals surface area contributed by atoms with E-state index in [1.165, 1.54) is 37.8 Å². The third kappa shape index (κ3) is 3.77. The summed E-state index contributed by atoms with van der Waals surface area (Å²) in [5.74, 6) is -0.227. The second-order valence-corrected chi connectivity index (χ2v) is 5.77. The lowest BCUT2D eigenvalue weighted by Crippen LogP contribution is -2.36. The van der Waals surface area contributed by atoms with Crippen molar-refractivity contribution >= 4 is 45.6 Å². The zero-order chi connectivity index (χ0) is 12.3. The number of thiocarbonyl (C=S) groups is 1. The van der Waals surface area contributed by atoms with Crippen LogP contribution in [-0.2, 0) is 0 Å². The normalized spacial score (nSPS) is 15.9. The molecule has 92 valence electrons. The van der Waals surface area contributed by atoms with Gasteiger partial charge >= 0.3 is 0 Å². The molecule has 1 aromatic carbocycles. The molecule has 0 spiro atoms. The number of hydrogen-bond acceptors (Lipinski definition) is 1. The third-order valence-corrected chi connectivity index (χ3v) is 3.98. The zero-order valence-corrected chi connectivity index (χ0v) is 12.3. The van der Waals surface area contributed by atoms with Crippen molar-refractivity contribution in [2.24, 2.45) is 0 Å². The number of rotatable bonds is 2. The molecule has 1 aromatic rings. The van der Waals surface area contributed by atoms with Crippen molar-refractivity contribution in [1.29, 1.82) is 0 Å². The zero-order valence-electron chi connectivity index (χ0n) is 9.30. The molecule has 5 heteroatoms. The molecule has 0 heterocycles. The van der Waals surface area contributed by atoms with Crippen molar-refractivity contribution in [2.45, 2.75) is 31.7 Å². The number of nitrogens with one attached hydrogen (secondary N) is 2. The number of hydrogen-bond donors (Lipinski definition) is 2. The minimum Gasteiger partial charge on any atom is -0.360 e. The second-order valence-electron chi connectivity index (χ2n) is 4.20. The molecule has 17 heavy (non-hydrogen) atoms. The number of halogens is 2. The smallest absolute Gasteiger partial charge is 0.171 e. The van der Waals surface area contributed by atoms with Crippen molar-refractivity contribution in [3.63, 3.8) is 0 Å². The molecule has 1 fully saturated rings. The summed E-state index contributed by atoms with van der Waals surface area (Å²) in [6, 6.07) is 5.12. The van der Waals surface area contributed by atoms with Gasteiger partial charge in [-0.3, -0.25) is 0 Å². The van der Waals surface area contributed by atoms with Crippen LogP contribution >= 0.6 is 34.8 Å². The quantitative estimate of drug-likeness (QED) is 0.619. The Morgan fingerprint density at radius 1 is 1.35 bits per heavy atom. The molecule has 2 nitrogen and oxygen atoms in total. The van der Waals surface area contributed by atoms with Gasteiger partial charge in [0.2, 0.25) is 0 Å². The fourth-order valence-corrected chi connectivity index (χ4v) is 2.89. The Kier molecular flexibility index (Phi) is 4.55. The maximum atomic E-state index is 12.9. The second kappa shape index (κ2) is 5.95. The molecule has 1 aliphatic carbocycles. The van der Waals surface area contributed by atoms with Gasteiger partial charge in [-0.25, -0.2) is 4.39 Å². The minimum atomic E-state index is -0.227. The molecule has 1 aliphatic rings. The largest absolute Gasteiger partial charge is 0.360 e. The van der Waals surface area contributed by atoms with E-state index >= 15 is 0 Å². The van der Waals surface area contributed by atoms with Crippen LogP contribution in [0.3, 0.4) is 0 Å². The average Bonchev–Trinajstić information content (AvgIpc) is 2.75. The van der Waals surface area contributed by atoms with E-state index in [-0.39, 0.29) is 5.82 Å². The van der Waals surface area contributed by atoms with E-state index in [0.717, 1.165) is 9.26 Å². The molecule has 0 radical (unpaired) electrons. The number of anilines is 1. The van der Waals surface area contributed by atoms with Gasteiger partial charge in [0.05, 0.1) is 5.69 Å². The van der Waals surface area contributed by atoms with E-state index < -0.39 is 0 Å². The van der Waals surface area contributed by atoms with Crippen LogP contribution in [0.2, 0.25) is 0 Å². The highest BCUT2D eigenvalue weighted by Crippen LogP contribution is 2.20. The highest BCUT2D eigenvalue weighted by molar-refractivity contribution is 14.1. The molecule has 1 saturated carbocycles. The van der Waals surface area contributed by atoms with Crippen LogP contribution in [0.25, 0.3) is 0 Å². The van der Waals surface area contributed by atoms with Gasteiger partial charge in [-0.15, -0.1) is 0 Å². The minimum absolute atomic E-state index is 0.227. The van der Waals surface area contributed by atoms with E-state index in [1.54, 1.807) is 6.07 Å². The summed E-state index contributed by atoms with van der Waals surface area (Å²) in [4.78, 5) is 0. The summed E-state index contributed by atoms with van der Waals surface area (Å²) in [6.07, 6.45) is 4.91. The first-order valence-corrected chi connectivity index (χ1v) is 7.16. The molecule has 0 aromatic heterocycles. The van der Waals surface area contributed by atoms with E-state index in [2.05, 4.69) is 33.2 Å². The van der Waals surface area contributed by atoms with Crippen molar-refractivity contribution in [3.05, 3.63) is 27.6 Å². The van der Waals surface area contributed by atoms with E-state index in [1.807, 2.05) is 0 Å². The highest BCUT2D eigenvalue weighted by atomic mass is 127. The standard InChI is InChI=1S/C12H14FIN2S/c13-8-5-6-11(10(14)7-8)16-12(17)15-9-3-1-2-4-9/h5-7,9H,1-4H2,(H2,15,16,17). The maximum Gasteiger partial charge on any atom is 0.171 e. The van der Waals surface area contributed by atoms with Crippen molar-refractivity contribution in [2.75, 3.05) is 5.32 Å². The fourth-order valence-electron chi connectivity index (χ4n) is 2.00. The van der Waals surface area contributed by atoms with Gasteiger partial charge in [-0.1, -0.05) is 12.8 Å². The molecule has 0 saturated heterocycles. The molecular formula is C12H14FIN2S. The van der Waals surface area contributed by atoms with Gasteiger partial charge in [0.15, 0.2) is 5.11 Å². The van der Waals surface area contributed by atoms with Crippen molar-refractivity contribution < 1.29 is 4.39 Å². The lowest BCUT2D eigenvalue weighted by molar-refractivity contribution is 0.626. The Labute approximate surface area is 120 Å². The third-order valence-electron chi connectivity index (χ3n) is 2.87. The van der Waals surface area contributed by atoms with Crippen LogP contribution in [-0.4, -0.2) is 11.2 Å². The van der Waals surface area contributed by atoms with Gasteiger partial charge in [0.1, 0.15) is 5.82 Å². The van der Waals surface area contributed by atoms with Crippen LogP contribution in [0, 0.1) is 9.39 Å². The van der Waals surface area contributed by atoms with E-state index in [4.69, 9.17) is 12.2 Å². The van der Waals surface area contributed by atoms with Crippen LogP contribution in [0.4, 0.5) is 10.1 Å². The SMILES string of the molecule is Fc1ccc(NC(=S)NC2CCCC2)c(I)c1. The first-order chi connectivity index (χ1) is 8.15. The summed E-state index contributed by atoms with van der Waals surface area (Å²) in [5, 5.41) is 7.03. The maximum absolute atomic E-state index is 12.9. The molecule has 0 bridgehead atoms. The summed E-state index contributed by atoms with van der Waals surface area (Å²) in [6.45, 7) is 0. The van der Waals surface area contributed by atoms with Gasteiger partial charge in [-0.2, -0.15) is 0 Å². The predicted octanol–water partition coefficient (Wildman–Crippen LogP) is 3.66. The monoisotopic (exact) mass is 364 g/mol. The Bertz CT molecular complexity index is 419. The Balaban J connectivity index is 1.93. The highest BCUT2D eigenvalue weighted by Gasteiger charge is 2.15. The first-order valence-electron chi connectivity index (χ1n) is 5.68. The van der Waals surface area contributed by atoms with Crippen LogP contribution in [0.5, 0.6) is 0 Å². The lowest BCUT2D eigenvalue weighted by Gasteiger charge is -2.16. The first kappa shape index (κ1) is 13.0. The van der Waals surface area contributed by atoms with Gasteiger partial charge < -0.3 is 10.6 Å². The topological polar surface area (TPSA) is 24.1 Å². The molecule has 2 rings (SSSR count). The summed E-state index contributed by atoms with van der Waals surface area (Å²) in [7, 11) is 0. The van der Waals surface area contributed by atoms with E-state index in [9.17, 15) is 4.39 Å². The van der Waals surface area contributed by atoms with Gasteiger partial charge in [0.25, 0.3) is 0 Å². The summed E-state index contributed by atoms with van der Waals surface area (Å²) in [5.41, 5.74) is 0.850. The average molecular weight is 364 g/mol. The summed E-state index contributed by atoms with van der Waals surface area (Å²) >= 11 is 7.34. The van der Waals surface area contributed by atoms with Gasteiger partial charge in [-0.05, 0) is 65.8 Å². The molecular weight excluding hydrogens is 350 g/mol. The molecule has 0 amide bonds. The van der Waals surface area contributed by atoms with E-state index in [0.29, 0.717) is 11.2 Å². The lowest BCUT2D eigenvalue weighted by atomic mass is 10.2. The predicted molar refractivity (Wildman–Crippen MR) is 80.7 cm³/mol. The fraction of sp³-hybridized carbons (Fsp3) is 0.417. The van der Waals surface area contributed by atoms with Gasteiger partial charge in [0, 0.05) is 9.61 Å². The van der Waals surface area contributed by atoms with Crippen LogP contribution in [0.15, 0.2) is 18.2 Å². The number of benzene rings is 1. The molecule has 0 aliphatic heterocycles. The Morgan fingerprint density at radius 2 is 2.06 bits per heavy atom. The summed E-state index contributed by atoms with van der Waals surface area (Å²) < 4.78 is 13.8. The Hall–Kier alpha value is -0.430. The van der Waals surface area contributed by atoms with Crippen LogP contribution in [0.1, 0.15) is 25.7 Å². The Morgan fingerprint density at radius 3 is 2.71 bits per heavy atom. The van der Waals surface area contributed by atoms with Crippen molar-refractivity contribution in [3.8, 4) is 0 Å². The molecule has 2 N–H and O–H groups in total. The van der Waals surface area contributed by atoms with Crippen molar-refractivity contribution in [1.82, 2.24) is 5.32 Å². The molecule has 0 unspecified atom stereocenters. The van der Waals surface area contributed by atoms with Crippen LogP contribution < -0.4 is 10.6 Å².